The van der Waals surface area contributed by atoms with Crippen molar-refractivity contribution >= 4 is 11.8 Å². The second kappa shape index (κ2) is 6.70. The van der Waals surface area contributed by atoms with Crippen molar-refractivity contribution in [2.45, 2.75) is 20.3 Å². The molecule has 5 heteroatoms. The second-order valence-electron chi connectivity index (χ2n) is 5.61. The molecule has 0 spiro atoms. The molecule has 0 saturated carbocycles. The van der Waals surface area contributed by atoms with Gasteiger partial charge in [0.25, 0.3) is 5.91 Å². The molecule has 1 aliphatic heterocycles. The van der Waals surface area contributed by atoms with E-state index in [1.165, 1.54) is 12.1 Å². The summed E-state index contributed by atoms with van der Waals surface area (Å²) >= 11 is 0. The van der Waals surface area contributed by atoms with Crippen LogP contribution >= 0.6 is 0 Å². The Morgan fingerprint density at radius 1 is 1.05 bits per heavy atom. The fourth-order valence-electron chi connectivity index (χ4n) is 2.51. The van der Waals surface area contributed by atoms with Crippen molar-refractivity contribution in [1.82, 2.24) is 9.80 Å². The SMILES string of the molecule is CC(C)C(=O)N1CCCN(C(=O)c2ccccc2F)CC1. The summed E-state index contributed by atoms with van der Waals surface area (Å²) < 4.78 is 13.7. The number of carbonyl (C=O) groups excluding carboxylic acids is 2. The number of halogens is 1. The van der Waals surface area contributed by atoms with E-state index in [4.69, 9.17) is 0 Å². The number of hydrogen-bond acceptors (Lipinski definition) is 2. The molecule has 114 valence electrons. The predicted octanol–water partition coefficient (Wildman–Crippen LogP) is 2.16. The van der Waals surface area contributed by atoms with Gasteiger partial charge in [-0.15, -0.1) is 0 Å². The third-order valence-corrected chi connectivity index (χ3v) is 3.69. The van der Waals surface area contributed by atoms with Crippen LogP contribution < -0.4 is 0 Å². The van der Waals surface area contributed by atoms with Gasteiger partial charge in [0.15, 0.2) is 0 Å². The predicted molar refractivity (Wildman–Crippen MR) is 78.3 cm³/mol. The summed E-state index contributed by atoms with van der Waals surface area (Å²) in [5, 5.41) is 0. The van der Waals surface area contributed by atoms with Gasteiger partial charge in [-0.3, -0.25) is 9.59 Å². The largest absolute Gasteiger partial charge is 0.341 e. The molecule has 0 radical (unpaired) electrons. The quantitative estimate of drug-likeness (QED) is 0.838. The number of benzene rings is 1. The highest BCUT2D eigenvalue weighted by atomic mass is 19.1. The maximum absolute atomic E-state index is 13.7. The van der Waals surface area contributed by atoms with Gasteiger partial charge in [0.2, 0.25) is 5.91 Å². The zero-order chi connectivity index (χ0) is 15.4. The highest BCUT2D eigenvalue weighted by Gasteiger charge is 2.25. The molecular formula is C16H21FN2O2. The smallest absolute Gasteiger partial charge is 0.256 e. The molecule has 1 saturated heterocycles. The van der Waals surface area contributed by atoms with Crippen molar-refractivity contribution < 1.29 is 14.0 Å². The molecular weight excluding hydrogens is 271 g/mol. The standard InChI is InChI=1S/C16H21FN2O2/c1-12(2)15(20)18-8-5-9-19(11-10-18)16(21)13-6-3-4-7-14(13)17/h3-4,6-7,12H,5,8-11H2,1-2H3. The van der Waals surface area contributed by atoms with E-state index >= 15 is 0 Å². The Morgan fingerprint density at radius 2 is 1.67 bits per heavy atom. The van der Waals surface area contributed by atoms with E-state index < -0.39 is 5.82 Å². The van der Waals surface area contributed by atoms with Gasteiger partial charge in [-0.25, -0.2) is 4.39 Å². The first-order chi connectivity index (χ1) is 10.0. The van der Waals surface area contributed by atoms with Crippen LogP contribution in [-0.2, 0) is 4.79 Å². The number of carbonyl (C=O) groups is 2. The summed E-state index contributed by atoms with van der Waals surface area (Å²) in [6, 6.07) is 6.01. The van der Waals surface area contributed by atoms with Crippen molar-refractivity contribution in [3.05, 3.63) is 35.6 Å². The number of nitrogens with zero attached hydrogens (tertiary/aromatic N) is 2. The molecule has 4 nitrogen and oxygen atoms in total. The molecule has 0 atom stereocenters. The van der Waals surface area contributed by atoms with Crippen LogP contribution in [0.4, 0.5) is 4.39 Å². The Balaban J connectivity index is 2.05. The van der Waals surface area contributed by atoms with Gasteiger partial charge < -0.3 is 9.80 Å². The van der Waals surface area contributed by atoms with Crippen LogP contribution in [0, 0.1) is 11.7 Å². The van der Waals surface area contributed by atoms with Crippen LogP contribution in [0.1, 0.15) is 30.6 Å². The molecule has 1 aliphatic rings. The van der Waals surface area contributed by atoms with Crippen LogP contribution in [0.2, 0.25) is 0 Å². The first-order valence-corrected chi connectivity index (χ1v) is 7.33. The molecule has 1 fully saturated rings. The summed E-state index contributed by atoms with van der Waals surface area (Å²) in [6.07, 6.45) is 0.721. The topological polar surface area (TPSA) is 40.6 Å². The third-order valence-electron chi connectivity index (χ3n) is 3.69. The Bertz CT molecular complexity index is 531. The van der Waals surface area contributed by atoms with Crippen LogP contribution in [0.25, 0.3) is 0 Å². The maximum Gasteiger partial charge on any atom is 0.256 e. The normalized spacial score (nSPS) is 16.0. The van der Waals surface area contributed by atoms with Crippen molar-refractivity contribution in [3.63, 3.8) is 0 Å². The van der Waals surface area contributed by atoms with E-state index in [0.717, 1.165) is 6.42 Å². The molecule has 1 aromatic carbocycles. The van der Waals surface area contributed by atoms with Gasteiger partial charge in [0.05, 0.1) is 5.56 Å². The van der Waals surface area contributed by atoms with E-state index in [9.17, 15) is 14.0 Å². The van der Waals surface area contributed by atoms with Gasteiger partial charge in [-0.2, -0.15) is 0 Å². The number of hydrogen-bond donors (Lipinski definition) is 0. The lowest BCUT2D eigenvalue weighted by Crippen LogP contribution is -2.39. The molecule has 1 heterocycles. The maximum atomic E-state index is 13.7. The number of amides is 2. The first-order valence-electron chi connectivity index (χ1n) is 7.33. The average molecular weight is 292 g/mol. The molecule has 0 N–H and O–H groups in total. The highest BCUT2D eigenvalue weighted by Crippen LogP contribution is 2.13. The van der Waals surface area contributed by atoms with Crippen molar-refractivity contribution in [2.75, 3.05) is 26.2 Å². The Labute approximate surface area is 124 Å². The lowest BCUT2D eigenvalue weighted by molar-refractivity contribution is -0.134. The van der Waals surface area contributed by atoms with Crippen LogP contribution in [0.5, 0.6) is 0 Å². The second-order valence-corrected chi connectivity index (χ2v) is 5.61. The average Bonchev–Trinajstić information content (AvgIpc) is 2.72. The Morgan fingerprint density at radius 3 is 2.33 bits per heavy atom. The molecule has 0 unspecified atom stereocenters. The molecule has 2 rings (SSSR count). The minimum absolute atomic E-state index is 0.0428. The molecule has 1 aromatic rings. The summed E-state index contributed by atoms with van der Waals surface area (Å²) in [4.78, 5) is 27.8. The Kier molecular flexibility index (Phi) is 4.94. The summed E-state index contributed by atoms with van der Waals surface area (Å²) in [6.45, 7) is 5.90. The monoisotopic (exact) mass is 292 g/mol. The number of rotatable bonds is 2. The lowest BCUT2D eigenvalue weighted by Gasteiger charge is -2.23. The van der Waals surface area contributed by atoms with Gasteiger partial charge >= 0.3 is 0 Å². The van der Waals surface area contributed by atoms with Crippen molar-refractivity contribution in [3.8, 4) is 0 Å². The van der Waals surface area contributed by atoms with Gasteiger partial charge in [0.1, 0.15) is 5.82 Å². The van der Waals surface area contributed by atoms with Crippen LogP contribution in [0.3, 0.4) is 0 Å². The van der Waals surface area contributed by atoms with Crippen molar-refractivity contribution in [1.29, 1.82) is 0 Å². The van der Waals surface area contributed by atoms with Gasteiger partial charge in [0, 0.05) is 32.1 Å². The fourth-order valence-corrected chi connectivity index (χ4v) is 2.51. The molecule has 21 heavy (non-hydrogen) atoms. The zero-order valence-corrected chi connectivity index (χ0v) is 12.5. The highest BCUT2D eigenvalue weighted by molar-refractivity contribution is 5.94. The van der Waals surface area contributed by atoms with Crippen LogP contribution in [0.15, 0.2) is 24.3 Å². The summed E-state index contributed by atoms with van der Waals surface area (Å²) in [5.41, 5.74) is 0.0983. The first kappa shape index (κ1) is 15.5. The third kappa shape index (κ3) is 3.60. The van der Waals surface area contributed by atoms with E-state index in [-0.39, 0.29) is 23.3 Å². The fraction of sp³-hybridized carbons (Fsp3) is 0.500. The van der Waals surface area contributed by atoms with E-state index in [1.54, 1.807) is 21.9 Å². The van der Waals surface area contributed by atoms with E-state index in [1.807, 2.05) is 13.8 Å². The van der Waals surface area contributed by atoms with E-state index in [2.05, 4.69) is 0 Å². The van der Waals surface area contributed by atoms with E-state index in [0.29, 0.717) is 26.2 Å². The Hall–Kier alpha value is -1.91. The summed E-state index contributed by atoms with van der Waals surface area (Å²) in [5.74, 6) is -0.734. The minimum Gasteiger partial charge on any atom is -0.341 e. The molecule has 2 amide bonds. The molecule has 0 aliphatic carbocycles. The molecule has 0 aromatic heterocycles. The van der Waals surface area contributed by atoms with Crippen LogP contribution in [-0.4, -0.2) is 47.8 Å². The van der Waals surface area contributed by atoms with Gasteiger partial charge in [-0.1, -0.05) is 26.0 Å². The van der Waals surface area contributed by atoms with Crippen molar-refractivity contribution in [2.24, 2.45) is 5.92 Å². The zero-order valence-electron chi connectivity index (χ0n) is 12.5. The minimum atomic E-state index is -0.498. The lowest BCUT2D eigenvalue weighted by atomic mass is 10.2. The van der Waals surface area contributed by atoms with Gasteiger partial charge in [-0.05, 0) is 18.6 Å². The summed E-state index contributed by atoms with van der Waals surface area (Å²) in [7, 11) is 0. The molecule has 0 bridgehead atoms.